The fraction of sp³-hybridized carbons (Fsp3) is 0.300. The third kappa shape index (κ3) is 3.16. The Kier molecular flexibility index (Phi) is 5.10. The summed E-state index contributed by atoms with van der Waals surface area (Å²) in [6.07, 6.45) is -3.24. The molecule has 1 spiro atoms. The highest BCUT2D eigenvalue weighted by atomic mass is 19.4. The average molecular weight is 532 g/mol. The minimum atomic E-state index is -4.63. The van der Waals surface area contributed by atoms with Crippen molar-refractivity contribution >= 4 is 29.1 Å². The highest BCUT2D eigenvalue weighted by Crippen LogP contribution is 2.62. The number of anilines is 2. The van der Waals surface area contributed by atoms with Crippen LogP contribution in [0.4, 0.5) is 24.5 Å². The Morgan fingerprint density at radius 2 is 1.62 bits per heavy atom. The smallest absolute Gasteiger partial charge is 0.306 e. The summed E-state index contributed by atoms with van der Waals surface area (Å²) in [4.78, 5) is 47.3. The summed E-state index contributed by atoms with van der Waals surface area (Å²) < 4.78 is 40.5. The molecule has 198 valence electrons. The molecule has 9 heteroatoms. The van der Waals surface area contributed by atoms with E-state index in [1.54, 1.807) is 4.90 Å². The number of nitrogens with zero attached hydrogens (tertiary/aromatic N) is 3. The van der Waals surface area contributed by atoms with Crippen LogP contribution in [-0.4, -0.2) is 35.2 Å². The van der Waals surface area contributed by atoms with Crippen molar-refractivity contribution in [1.82, 2.24) is 4.90 Å². The van der Waals surface area contributed by atoms with Crippen molar-refractivity contribution in [1.29, 1.82) is 0 Å². The van der Waals surface area contributed by atoms with Crippen molar-refractivity contribution in [2.24, 2.45) is 11.8 Å². The normalized spacial score (nSPS) is 28.0. The van der Waals surface area contributed by atoms with Crippen LogP contribution in [0.5, 0.6) is 0 Å². The van der Waals surface area contributed by atoms with Gasteiger partial charge in [-0.2, -0.15) is 13.2 Å². The van der Waals surface area contributed by atoms with Crippen molar-refractivity contribution in [3.63, 3.8) is 0 Å². The molecule has 39 heavy (non-hydrogen) atoms. The summed E-state index contributed by atoms with van der Waals surface area (Å²) in [5.41, 5.74) is -0.155. The Morgan fingerprint density at radius 3 is 2.38 bits per heavy atom. The van der Waals surface area contributed by atoms with E-state index in [1.807, 2.05) is 59.5 Å². The average Bonchev–Trinajstić information content (AvgIpc) is 3.63. The van der Waals surface area contributed by atoms with Gasteiger partial charge in [0.05, 0.1) is 29.6 Å². The van der Waals surface area contributed by atoms with Gasteiger partial charge in [0, 0.05) is 17.3 Å². The van der Waals surface area contributed by atoms with Crippen molar-refractivity contribution in [3.05, 3.63) is 95.6 Å². The summed E-state index contributed by atoms with van der Waals surface area (Å²) in [7, 11) is 0. The monoisotopic (exact) mass is 531 g/mol. The van der Waals surface area contributed by atoms with Crippen molar-refractivity contribution in [3.8, 4) is 0 Å². The highest BCUT2D eigenvalue weighted by molar-refractivity contribution is 6.26. The van der Waals surface area contributed by atoms with Crippen LogP contribution in [0.15, 0.2) is 78.9 Å². The molecule has 4 aliphatic rings. The molecule has 0 N–H and O–H groups in total. The van der Waals surface area contributed by atoms with Gasteiger partial charge in [-0.05, 0) is 49.2 Å². The number of amides is 3. The van der Waals surface area contributed by atoms with Crippen LogP contribution >= 0.6 is 0 Å². The SMILES string of the molecule is O=C1[C@H]2[C@@H](C(=O)N1c1cccc(C(F)(F)F)c1)[C@]1(C(=O)N(Cc3ccccc3)c3ccccc31)N1CCC[C@@H]21. The largest absolute Gasteiger partial charge is 0.416 e. The predicted molar refractivity (Wildman–Crippen MR) is 136 cm³/mol. The van der Waals surface area contributed by atoms with Gasteiger partial charge in [0.1, 0.15) is 5.54 Å². The second kappa shape index (κ2) is 8.26. The second-order valence-electron chi connectivity index (χ2n) is 10.6. The number of para-hydroxylation sites is 1. The lowest BCUT2D eigenvalue weighted by Crippen LogP contribution is -2.55. The first-order chi connectivity index (χ1) is 18.7. The van der Waals surface area contributed by atoms with Gasteiger partial charge in [0.25, 0.3) is 5.91 Å². The molecule has 7 rings (SSSR count). The summed E-state index contributed by atoms with van der Waals surface area (Å²) in [6.45, 7) is 0.856. The third-order valence-electron chi connectivity index (χ3n) is 8.76. The zero-order valence-corrected chi connectivity index (χ0v) is 20.8. The number of hydrogen-bond donors (Lipinski definition) is 0. The molecule has 0 saturated carbocycles. The van der Waals surface area contributed by atoms with Gasteiger partial charge in [-0.1, -0.05) is 54.6 Å². The molecule has 0 bridgehead atoms. The predicted octanol–water partition coefficient (Wildman–Crippen LogP) is 4.73. The number of carbonyl (C=O) groups is 3. The van der Waals surface area contributed by atoms with E-state index in [4.69, 9.17) is 0 Å². The Balaban J connectivity index is 1.37. The molecular weight excluding hydrogens is 507 g/mol. The third-order valence-corrected chi connectivity index (χ3v) is 8.76. The molecule has 3 fully saturated rings. The number of carbonyl (C=O) groups excluding carboxylic acids is 3. The molecule has 0 radical (unpaired) electrons. The number of halogens is 3. The Bertz CT molecular complexity index is 1520. The van der Waals surface area contributed by atoms with Crippen molar-refractivity contribution in [2.75, 3.05) is 16.3 Å². The van der Waals surface area contributed by atoms with E-state index < -0.39 is 40.9 Å². The molecule has 4 heterocycles. The zero-order valence-electron chi connectivity index (χ0n) is 20.8. The fourth-order valence-electron chi connectivity index (χ4n) is 7.34. The minimum Gasteiger partial charge on any atom is -0.306 e. The van der Waals surface area contributed by atoms with Gasteiger partial charge in [0.2, 0.25) is 11.8 Å². The van der Waals surface area contributed by atoms with E-state index >= 15 is 0 Å². The molecule has 4 aliphatic heterocycles. The van der Waals surface area contributed by atoms with Gasteiger partial charge in [0.15, 0.2) is 0 Å². The van der Waals surface area contributed by atoms with Crippen LogP contribution in [0, 0.1) is 11.8 Å². The molecule has 3 aromatic rings. The van der Waals surface area contributed by atoms with E-state index in [2.05, 4.69) is 0 Å². The summed E-state index contributed by atoms with van der Waals surface area (Å²) in [5.74, 6) is -3.27. The first-order valence-electron chi connectivity index (χ1n) is 13.0. The molecule has 3 aromatic carbocycles. The van der Waals surface area contributed by atoms with E-state index in [0.717, 1.165) is 29.0 Å². The lowest BCUT2D eigenvalue weighted by molar-refractivity contribution is -0.138. The maximum Gasteiger partial charge on any atom is 0.416 e. The summed E-state index contributed by atoms with van der Waals surface area (Å²) in [5, 5.41) is 0. The van der Waals surface area contributed by atoms with E-state index in [0.29, 0.717) is 30.8 Å². The van der Waals surface area contributed by atoms with E-state index in [9.17, 15) is 27.6 Å². The number of hydrogen-bond acceptors (Lipinski definition) is 4. The maximum absolute atomic E-state index is 14.6. The van der Waals surface area contributed by atoms with E-state index in [-0.39, 0.29) is 17.6 Å². The van der Waals surface area contributed by atoms with Crippen LogP contribution in [0.2, 0.25) is 0 Å². The molecule has 0 unspecified atom stereocenters. The standard InChI is InChI=1S/C30H24F3N3O3/c31-30(32,33)19-10-6-11-20(16-19)36-26(37)24-23-14-7-15-35(23)29(25(24)27(36)38)21-12-4-5-13-22(21)34(28(29)39)17-18-8-2-1-3-9-18/h1-6,8-13,16,23-25H,7,14-15,17H2/t23-,24+,25-,29+/m0/s1. The van der Waals surface area contributed by atoms with Crippen molar-refractivity contribution < 1.29 is 27.6 Å². The number of rotatable bonds is 3. The topological polar surface area (TPSA) is 60.9 Å². The molecule has 3 amide bonds. The number of benzene rings is 3. The molecule has 0 aliphatic carbocycles. The van der Waals surface area contributed by atoms with Gasteiger partial charge in [-0.25, -0.2) is 4.90 Å². The van der Waals surface area contributed by atoms with Gasteiger partial charge < -0.3 is 4.90 Å². The number of imide groups is 1. The molecule has 4 atom stereocenters. The Labute approximate surface area is 222 Å². The van der Waals surface area contributed by atoms with Gasteiger partial charge in [-0.15, -0.1) is 0 Å². The minimum absolute atomic E-state index is 0.117. The van der Waals surface area contributed by atoms with Crippen molar-refractivity contribution in [2.45, 2.75) is 37.1 Å². The van der Waals surface area contributed by atoms with Crippen LogP contribution in [0.3, 0.4) is 0 Å². The van der Waals surface area contributed by atoms with E-state index in [1.165, 1.54) is 12.1 Å². The number of fused-ring (bicyclic) bond motifs is 7. The Morgan fingerprint density at radius 1 is 0.872 bits per heavy atom. The van der Waals surface area contributed by atoms with Crippen LogP contribution in [-0.2, 0) is 32.6 Å². The van der Waals surface area contributed by atoms with Gasteiger partial charge in [-0.3, -0.25) is 19.3 Å². The zero-order chi connectivity index (χ0) is 27.1. The summed E-state index contributed by atoms with van der Waals surface area (Å²) in [6, 6.07) is 20.8. The number of alkyl halides is 3. The fourth-order valence-corrected chi connectivity index (χ4v) is 7.34. The van der Waals surface area contributed by atoms with Crippen LogP contribution in [0.25, 0.3) is 0 Å². The highest BCUT2D eigenvalue weighted by Gasteiger charge is 2.75. The lowest BCUT2D eigenvalue weighted by Gasteiger charge is -2.37. The second-order valence-corrected chi connectivity index (χ2v) is 10.6. The van der Waals surface area contributed by atoms with Gasteiger partial charge >= 0.3 is 6.18 Å². The quantitative estimate of drug-likeness (QED) is 0.459. The molecular formula is C30H24F3N3O3. The molecule has 6 nitrogen and oxygen atoms in total. The molecule has 3 saturated heterocycles. The maximum atomic E-state index is 14.6. The lowest BCUT2D eigenvalue weighted by atomic mass is 9.75. The van der Waals surface area contributed by atoms with Crippen LogP contribution < -0.4 is 9.80 Å². The summed E-state index contributed by atoms with van der Waals surface area (Å²) >= 11 is 0. The molecule has 0 aromatic heterocycles. The van der Waals surface area contributed by atoms with Crippen LogP contribution in [0.1, 0.15) is 29.5 Å². The first kappa shape index (κ1) is 24.1. The Hall–Kier alpha value is -3.98. The first-order valence-corrected chi connectivity index (χ1v) is 13.0.